The molecule has 1 N–H and O–H groups in total. The molecule has 1 aromatic heterocycles. The lowest BCUT2D eigenvalue weighted by molar-refractivity contribution is -0.140. The molecule has 3 aromatic rings. The third-order valence-electron chi connectivity index (χ3n) is 5.78. The minimum Gasteiger partial charge on any atom is -0.507 e. The number of anilines is 1. The Bertz CT molecular complexity index is 1220. The molecule has 1 atom stereocenters. The number of ether oxygens (including phenoxy) is 1. The Kier molecular flexibility index (Phi) is 6.63. The van der Waals surface area contributed by atoms with E-state index in [-0.39, 0.29) is 17.9 Å². The van der Waals surface area contributed by atoms with Gasteiger partial charge in [-0.05, 0) is 54.4 Å². The number of carbonyl (C=O) groups excluding carboxylic acids is 2. The number of aliphatic hydroxyl groups excluding tert-OH is 1. The van der Waals surface area contributed by atoms with Gasteiger partial charge in [-0.3, -0.25) is 14.6 Å². The molecule has 2 aromatic carbocycles. The van der Waals surface area contributed by atoms with Crippen LogP contribution in [0.15, 0.2) is 78.6 Å². The summed E-state index contributed by atoms with van der Waals surface area (Å²) < 4.78 is 5.59. The predicted molar refractivity (Wildman–Crippen MR) is 130 cm³/mol. The maximum absolute atomic E-state index is 13.2. The van der Waals surface area contributed by atoms with E-state index >= 15 is 0 Å². The molecule has 4 rings (SSSR count). The Morgan fingerprint density at radius 3 is 2.41 bits per heavy atom. The van der Waals surface area contributed by atoms with Gasteiger partial charge in [0.15, 0.2) is 0 Å². The number of ketones is 1. The summed E-state index contributed by atoms with van der Waals surface area (Å²) in [5, 5.41) is 11.1. The summed E-state index contributed by atoms with van der Waals surface area (Å²) in [7, 11) is 3.88. The van der Waals surface area contributed by atoms with Gasteiger partial charge in [0.1, 0.15) is 11.5 Å². The fourth-order valence-electron chi connectivity index (χ4n) is 4.11. The zero-order valence-electron chi connectivity index (χ0n) is 19.4. The number of hydrogen-bond acceptors (Lipinski definition) is 6. The van der Waals surface area contributed by atoms with E-state index in [1.54, 1.807) is 12.1 Å². The maximum Gasteiger partial charge on any atom is 0.295 e. The molecular weight excluding hydrogens is 430 g/mol. The zero-order chi connectivity index (χ0) is 24.2. The van der Waals surface area contributed by atoms with Crippen molar-refractivity contribution in [1.82, 2.24) is 9.88 Å². The van der Waals surface area contributed by atoms with Crippen molar-refractivity contribution in [3.8, 4) is 5.75 Å². The number of likely N-dealkylation sites (tertiary alicyclic amines) is 1. The van der Waals surface area contributed by atoms with Crippen LogP contribution in [0.4, 0.5) is 5.69 Å². The first kappa shape index (κ1) is 23.0. The molecular formula is C27H27N3O4. The van der Waals surface area contributed by atoms with Crippen LogP contribution < -0.4 is 9.64 Å². The molecule has 174 valence electrons. The van der Waals surface area contributed by atoms with E-state index in [9.17, 15) is 14.7 Å². The van der Waals surface area contributed by atoms with E-state index in [2.05, 4.69) is 4.98 Å². The minimum atomic E-state index is -0.736. The van der Waals surface area contributed by atoms with Crippen molar-refractivity contribution in [2.24, 2.45) is 0 Å². The summed E-state index contributed by atoms with van der Waals surface area (Å²) in [5.74, 6) is -0.885. The molecule has 0 aliphatic carbocycles. The monoisotopic (exact) mass is 457 g/mol. The number of nitrogens with zero attached hydrogens (tertiary/aromatic N) is 3. The van der Waals surface area contributed by atoms with E-state index in [4.69, 9.17) is 4.74 Å². The second kappa shape index (κ2) is 9.79. The highest BCUT2D eigenvalue weighted by Gasteiger charge is 2.46. The standard InChI is InChI=1S/C27H27N3O4/c1-4-34-22-7-5-6-18(16-22)17-30-24(19-8-10-21(11-9-19)29(2)3)23(26(32)27(30)33)25(31)20-12-14-28-15-13-20/h5-16,24,31H,4,17H2,1-3H3/b25-23-. The van der Waals surface area contributed by atoms with E-state index in [0.29, 0.717) is 17.9 Å². The Morgan fingerprint density at radius 1 is 1.06 bits per heavy atom. The summed E-state index contributed by atoms with van der Waals surface area (Å²) in [5.41, 5.74) is 3.04. The van der Waals surface area contributed by atoms with E-state index in [1.807, 2.05) is 74.4 Å². The second-order valence-corrected chi connectivity index (χ2v) is 8.23. The Hall–Kier alpha value is -4.13. The van der Waals surface area contributed by atoms with Crippen molar-refractivity contribution in [3.05, 3.63) is 95.3 Å². The van der Waals surface area contributed by atoms with Gasteiger partial charge < -0.3 is 19.6 Å². The summed E-state index contributed by atoms with van der Waals surface area (Å²) in [4.78, 5) is 33.8. The van der Waals surface area contributed by atoms with Crippen molar-refractivity contribution in [2.75, 3.05) is 25.6 Å². The van der Waals surface area contributed by atoms with Crippen LogP contribution in [0.2, 0.25) is 0 Å². The molecule has 7 heteroatoms. The van der Waals surface area contributed by atoms with Crippen LogP contribution in [0.5, 0.6) is 5.75 Å². The number of hydrogen-bond donors (Lipinski definition) is 1. The first-order chi connectivity index (χ1) is 16.4. The average Bonchev–Trinajstić information content (AvgIpc) is 3.09. The fourth-order valence-corrected chi connectivity index (χ4v) is 4.11. The number of amides is 1. The van der Waals surface area contributed by atoms with Crippen molar-refractivity contribution < 1.29 is 19.4 Å². The van der Waals surface area contributed by atoms with Gasteiger partial charge in [0.25, 0.3) is 11.7 Å². The molecule has 7 nitrogen and oxygen atoms in total. The molecule has 2 heterocycles. The number of aromatic nitrogens is 1. The summed E-state index contributed by atoms with van der Waals surface area (Å²) in [6.45, 7) is 2.62. The molecule has 0 radical (unpaired) electrons. The summed E-state index contributed by atoms with van der Waals surface area (Å²) in [6, 6.07) is 17.6. The highest BCUT2D eigenvalue weighted by Crippen LogP contribution is 2.40. The lowest BCUT2D eigenvalue weighted by Gasteiger charge is -2.26. The van der Waals surface area contributed by atoms with Crippen molar-refractivity contribution >= 4 is 23.1 Å². The van der Waals surface area contributed by atoms with Gasteiger partial charge in [-0.1, -0.05) is 24.3 Å². The molecule has 34 heavy (non-hydrogen) atoms. The van der Waals surface area contributed by atoms with Crippen LogP contribution in [-0.4, -0.2) is 47.4 Å². The Morgan fingerprint density at radius 2 is 1.76 bits per heavy atom. The number of pyridine rings is 1. The fraction of sp³-hybridized carbons (Fsp3) is 0.222. The van der Waals surface area contributed by atoms with Crippen LogP contribution in [0.3, 0.4) is 0 Å². The zero-order valence-corrected chi connectivity index (χ0v) is 19.4. The third-order valence-corrected chi connectivity index (χ3v) is 5.78. The molecule has 1 aliphatic rings. The molecule has 1 fully saturated rings. The number of benzene rings is 2. The van der Waals surface area contributed by atoms with Gasteiger partial charge in [0.05, 0.1) is 18.2 Å². The first-order valence-electron chi connectivity index (χ1n) is 11.1. The molecule has 0 saturated carbocycles. The van der Waals surface area contributed by atoms with Gasteiger partial charge >= 0.3 is 0 Å². The van der Waals surface area contributed by atoms with Crippen LogP contribution in [0.25, 0.3) is 5.76 Å². The van der Waals surface area contributed by atoms with Crippen molar-refractivity contribution in [1.29, 1.82) is 0 Å². The minimum absolute atomic E-state index is 0.0646. The number of rotatable bonds is 7. The van der Waals surface area contributed by atoms with Crippen LogP contribution >= 0.6 is 0 Å². The molecule has 1 amide bonds. The summed E-state index contributed by atoms with van der Waals surface area (Å²) in [6.07, 6.45) is 3.07. The molecule has 1 unspecified atom stereocenters. The van der Waals surface area contributed by atoms with Crippen LogP contribution in [0, 0.1) is 0 Å². The van der Waals surface area contributed by atoms with E-state index in [1.165, 1.54) is 17.3 Å². The van der Waals surface area contributed by atoms with E-state index < -0.39 is 17.7 Å². The topological polar surface area (TPSA) is 83.0 Å². The van der Waals surface area contributed by atoms with Crippen LogP contribution in [0.1, 0.15) is 29.7 Å². The predicted octanol–water partition coefficient (Wildman–Crippen LogP) is 4.17. The van der Waals surface area contributed by atoms with Gasteiger partial charge in [-0.25, -0.2) is 0 Å². The van der Waals surface area contributed by atoms with Gasteiger partial charge in [0.2, 0.25) is 0 Å². The third kappa shape index (κ3) is 4.50. The smallest absolute Gasteiger partial charge is 0.295 e. The quantitative estimate of drug-likeness (QED) is 0.326. The Balaban J connectivity index is 1.81. The number of Topliss-reactive ketones (excluding diaryl/α,β-unsaturated/α-hetero) is 1. The Labute approximate surface area is 198 Å². The van der Waals surface area contributed by atoms with Gasteiger partial charge in [-0.15, -0.1) is 0 Å². The van der Waals surface area contributed by atoms with Gasteiger partial charge in [0, 0.05) is 44.3 Å². The molecule has 0 bridgehead atoms. The lowest BCUT2D eigenvalue weighted by Crippen LogP contribution is -2.29. The van der Waals surface area contributed by atoms with Gasteiger partial charge in [-0.2, -0.15) is 0 Å². The second-order valence-electron chi connectivity index (χ2n) is 8.23. The molecule has 1 aliphatic heterocycles. The van der Waals surface area contributed by atoms with Crippen molar-refractivity contribution in [3.63, 3.8) is 0 Å². The summed E-state index contributed by atoms with van der Waals surface area (Å²) >= 11 is 0. The number of aliphatic hydroxyl groups is 1. The largest absolute Gasteiger partial charge is 0.507 e. The highest BCUT2D eigenvalue weighted by atomic mass is 16.5. The average molecular weight is 458 g/mol. The normalized spacial score (nSPS) is 17.1. The molecule has 0 spiro atoms. The maximum atomic E-state index is 13.2. The first-order valence-corrected chi connectivity index (χ1v) is 11.1. The van der Waals surface area contributed by atoms with Crippen LogP contribution in [-0.2, 0) is 16.1 Å². The lowest BCUT2D eigenvalue weighted by atomic mass is 9.95. The number of carbonyl (C=O) groups is 2. The van der Waals surface area contributed by atoms with Crippen molar-refractivity contribution in [2.45, 2.75) is 19.5 Å². The SMILES string of the molecule is CCOc1cccc(CN2C(=O)C(=O)/C(=C(\O)c3ccncc3)C2c2ccc(N(C)C)cc2)c1. The van der Waals surface area contributed by atoms with E-state index in [0.717, 1.165) is 16.8 Å². The molecule has 1 saturated heterocycles. The highest BCUT2D eigenvalue weighted by molar-refractivity contribution is 6.46.